The molecule has 5 nitrogen and oxygen atoms in total. The molecule has 0 spiro atoms. The summed E-state index contributed by atoms with van der Waals surface area (Å²) in [5.41, 5.74) is 5.77. The lowest BCUT2D eigenvalue weighted by Gasteiger charge is -2.30. The zero-order chi connectivity index (χ0) is 13.7. The lowest BCUT2D eigenvalue weighted by molar-refractivity contribution is 0.141. The number of aliphatic hydroxyl groups excluding tert-OH is 1. The van der Waals surface area contributed by atoms with Gasteiger partial charge in [-0.3, -0.25) is 0 Å². The van der Waals surface area contributed by atoms with Crippen LogP contribution in [0.1, 0.15) is 38.4 Å². The maximum Gasteiger partial charge on any atom is 0.132 e. The lowest BCUT2D eigenvalue weighted by atomic mass is 9.79. The van der Waals surface area contributed by atoms with Crippen LogP contribution in [-0.2, 0) is 6.42 Å². The maximum absolute atomic E-state index is 9.41. The Morgan fingerprint density at radius 3 is 2.74 bits per heavy atom. The van der Waals surface area contributed by atoms with Gasteiger partial charge >= 0.3 is 0 Å². The number of nitrogens with zero attached hydrogens (tertiary/aromatic N) is 2. The molecule has 2 atom stereocenters. The lowest BCUT2D eigenvalue weighted by Crippen LogP contribution is -2.28. The SMILES string of the molecule is CCc1nc(N)cc(NCC2CCCCC2CO)n1. The molecule has 0 radical (unpaired) electrons. The van der Waals surface area contributed by atoms with Crippen molar-refractivity contribution in [2.45, 2.75) is 39.0 Å². The van der Waals surface area contributed by atoms with Gasteiger partial charge in [0, 0.05) is 25.6 Å². The number of hydrogen-bond acceptors (Lipinski definition) is 5. The molecule has 0 aliphatic heterocycles. The Hall–Kier alpha value is -1.36. The molecule has 1 aliphatic rings. The van der Waals surface area contributed by atoms with Crippen molar-refractivity contribution in [1.29, 1.82) is 0 Å². The normalized spacial score (nSPS) is 23.3. The van der Waals surface area contributed by atoms with Crippen molar-refractivity contribution >= 4 is 11.6 Å². The van der Waals surface area contributed by atoms with Crippen molar-refractivity contribution in [3.8, 4) is 0 Å². The predicted molar refractivity (Wildman–Crippen MR) is 76.8 cm³/mol. The number of nitrogens with one attached hydrogen (secondary N) is 1. The van der Waals surface area contributed by atoms with Crippen LogP contribution in [0.3, 0.4) is 0 Å². The molecule has 5 heteroatoms. The molecule has 0 aromatic carbocycles. The summed E-state index contributed by atoms with van der Waals surface area (Å²) < 4.78 is 0. The summed E-state index contributed by atoms with van der Waals surface area (Å²) in [4.78, 5) is 8.59. The molecular formula is C14H24N4O. The quantitative estimate of drug-likeness (QED) is 0.755. The van der Waals surface area contributed by atoms with Gasteiger partial charge in [0.2, 0.25) is 0 Å². The molecule has 19 heavy (non-hydrogen) atoms. The second kappa shape index (κ2) is 6.70. The summed E-state index contributed by atoms with van der Waals surface area (Å²) in [7, 11) is 0. The van der Waals surface area contributed by atoms with E-state index in [2.05, 4.69) is 15.3 Å². The zero-order valence-electron chi connectivity index (χ0n) is 11.6. The van der Waals surface area contributed by atoms with Crippen LogP contribution in [0.5, 0.6) is 0 Å². The standard InChI is InChI=1S/C14H24N4O/c1-2-13-17-12(15)7-14(18-13)16-8-10-5-3-4-6-11(10)9-19/h7,10-11,19H,2-6,8-9H2,1H3,(H3,15,16,17,18). The maximum atomic E-state index is 9.41. The van der Waals surface area contributed by atoms with Gasteiger partial charge in [0.15, 0.2) is 0 Å². The van der Waals surface area contributed by atoms with Crippen LogP contribution in [0.4, 0.5) is 11.6 Å². The number of rotatable bonds is 5. The average molecular weight is 264 g/mol. The monoisotopic (exact) mass is 264 g/mol. The van der Waals surface area contributed by atoms with Gasteiger partial charge < -0.3 is 16.2 Å². The smallest absolute Gasteiger partial charge is 0.132 e. The van der Waals surface area contributed by atoms with E-state index in [0.717, 1.165) is 31.0 Å². The van der Waals surface area contributed by atoms with Crippen molar-refractivity contribution in [3.05, 3.63) is 11.9 Å². The number of aromatic nitrogens is 2. The molecular weight excluding hydrogens is 240 g/mol. The summed E-state index contributed by atoms with van der Waals surface area (Å²) in [6, 6.07) is 1.77. The predicted octanol–water partition coefficient (Wildman–Crippen LogP) is 1.83. The van der Waals surface area contributed by atoms with E-state index in [-0.39, 0.29) is 0 Å². The van der Waals surface area contributed by atoms with E-state index in [1.165, 1.54) is 19.3 Å². The first-order valence-electron chi connectivity index (χ1n) is 7.21. The van der Waals surface area contributed by atoms with Crippen molar-refractivity contribution in [3.63, 3.8) is 0 Å². The van der Waals surface area contributed by atoms with Crippen LogP contribution in [0.2, 0.25) is 0 Å². The first kappa shape index (κ1) is 14.1. The van der Waals surface area contributed by atoms with Crippen LogP contribution < -0.4 is 11.1 Å². The molecule has 2 rings (SSSR count). The Morgan fingerprint density at radius 2 is 2.05 bits per heavy atom. The van der Waals surface area contributed by atoms with Gasteiger partial charge in [0.05, 0.1) is 0 Å². The van der Waals surface area contributed by atoms with Crippen LogP contribution in [0.25, 0.3) is 0 Å². The Balaban J connectivity index is 1.95. The summed E-state index contributed by atoms with van der Waals surface area (Å²) in [6.07, 6.45) is 5.59. The largest absolute Gasteiger partial charge is 0.396 e. The molecule has 1 aliphatic carbocycles. The minimum Gasteiger partial charge on any atom is -0.396 e. The van der Waals surface area contributed by atoms with Gasteiger partial charge in [0.25, 0.3) is 0 Å². The first-order chi connectivity index (χ1) is 9.22. The van der Waals surface area contributed by atoms with E-state index in [0.29, 0.717) is 24.3 Å². The molecule has 0 saturated heterocycles. The number of anilines is 2. The third kappa shape index (κ3) is 3.80. The fourth-order valence-corrected chi connectivity index (χ4v) is 2.80. The number of aliphatic hydroxyl groups is 1. The highest BCUT2D eigenvalue weighted by atomic mass is 16.3. The highest BCUT2D eigenvalue weighted by Crippen LogP contribution is 2.29. The van der Waals surface area contributed by atoms with Crippen LogP contribution in [0, 0.1) is 11.8 Å². The molecule has 1 aromatic heterocycles. The van der Waals surface area contributed by atoms with E-state index in [9.17, 15) is 5.11 Å². The topological polar surface area (TPSA) is 84.1 Å². The Morgan fingerprint density at radius 1 is 1.32 bits per heavy atom. The van der Waals surface area contributed by atoms with E-state index in [4.69, 9.17) is 5.73 Å². The van der Waals surface area contributed by atoms with E-state index < -0.39 is 0 Å². The average Bonchev–Trinajstić information content (AvgIpc) is 2.44. The Kier molecular flexibility index (Phi) is 4.96. The minimum atomic E-state index is 0.290. The molecule has 0 amide bonds. The van der Waals surface area contributed by atoms with E-state index >= 15 is 0 Å². The highest BCUT2D eigenvalue weighted by molar-refractivity contribution is 5.44. The number of nitrogen functional groups attached to an aromatic ring is 1. The van der Waals surface area contributed by atoms with Gasteiger partial charge in [0.1, 0.15) is 17.5 Å². The van der Waals surface area contributed by atoms with Gasteiger partial charge in [-0.2, -0.15) is 0 Å². The van der Waals surface area contributed by atoms with Crippen LogP contribution in [0.15, 0.2) is 6.07 Å². The fraction of sp³-hybridized carbons (Fsp3) is 0.714. The summed E-state index contributed by atoms with van der Waals surface area (Å²) in [6.45, 7) is 3.16. The number of hydrogen-bond donors (Lipinski definition) is 3. The second-order valence-electron chi connectivity index (χ2n) is 5.32. The third-order valence-corrected chi connectivity index (χ3v) is 3.95. The van der Waals surface area contributed by atoms with E-state index in [1.54, 1.807) is 6.07 Å². The van der Waals surface area contributed by atoms with Gasteiger partial charge in [-0.05, 0) is 24.7 Å². The van der Waals surface area contributed by atoms with Gasteiger partial charge in [-0.1, -0.05) is 19.8 Å². The Labute approximate surface area is 114 Å². The van der Waals surface area contributed by atoms with Gasteiger partial charge in [-0.25, -0.2) is 9.97 Å². The molecule has 106 valence electrons. The van der Waals surface area contributed by atoms with Crippen molar-refractivity contribution in [2.24, 2.45) is 11.8 Å². The second-order valence-corrected chi connectivity index (χ2v) is 5.32. The third-order valence-electron chi connectivity index (χ3n) is 3.95. The molecule has 1 aromatic rings. The zero-order valence-corrected chi connectivity index (χ0v) is 11.6. The summed E-state index contributed by atoms with van der Waals surface area (Å²) in [5, 5.41) is 12.8. The molecule has 1 heterocycles. The first-order valence-corrected chi connectivity index (χ1v) is 7.21. The van der Waals surface area contributed by atoms with Crippen LogP contribution in [-0.4, -0.2) is 28.2 Å². The number of aryl methyl sites for hydroxylation is 1. The van der Waals surface area contributed by atoms with Crippen molar-refractivity contribution in [1.82, 2.24) is 9.97 Å². The summed E-state index contributed by atoms with van der Waals surface area (Å²) in [5.74, 6) is 3.03. The molecule has 1 fully saturated rings. The number of nitrogens with two attached hydrogens (primary N) is 1. The molecule has 1 saturated carbocycles. The highest BCUT2D eigenvalue weighted by Gasteiger charge is 2.24. The molecule has 2 unspecified atom stereocenters. The Bertz CT molecular complexity index is 410. The fourth-order valence-electron chi connectivity index (χ4n) is 2.80. The van der Waals surface area contributed by atoms with Gasteiger partial charge in [-0.15, -0.1) is 0 Å². The molecule has 0 bridgehead atoms. The van der Waals surface area contributed by atoms with Crippen molar-refractivity contribution < 1.29 is 5.11 Å². The van der Waals surface area contributed by atoms with E-state index in [1.807, 2.05) is 6.92 Å². The minimum absolute atomic E-state index is 0.290. The van der Waals surface area contributed by atoms with Crippen LogP contribution >= 0.6 is 0 Å². The van der Waals surface area contributed by atoms with Crippen molar-refractivity contribution in [2.75, 3.05) is 24.2 Å². The summed E-state index contributed by atoms with van der Waals surface area (Å²) >= 11 is 0. The molecule has 4 N–H and O–H groups in total.